The van der Waals surface area contributed by atoms with Crippen molar-refractivity contribution in [3.63, 3.8) is 0 Å². The molecule has 128 valence electrons. The molecule has 0 aliphatic heterocycles. The molecule has 23 heavy (non-hydrogen) atoms. The van der Waals surface area contributed by atoms with Gasteiger partial charge in [0.25, 0.3) is 5.91 Å². The van der Waals surface area contributed by atoms with Gasteiger partial charge in [-0.1, -0.05) is 13.8 Å². The normalized spacial score (nSPS) is 10.3. The van der Waals surface area contributed by atoms with Crippen LogP contribution >= 0.6 is 0 Å². The molecule has 0 fully saturated rings. The molecule has 0 radical (unpaired) electrons. The van der Waals surface area contributed by atoms with Gasteiger partial charge in [-0.05, 0) is 30.5 Å². The summed E-state index contributed by atoms with van der Waals surface area (Å²) >= 11 is 0. The van der Waals surface area contributed by atoms with Crippen LogP contribution in [0.5, 0.6) is 11.5 Å². The van der Waals surface area contributed by atoms with Crippen LogP contribution in [0, 0.1) is 5.92 Å². The Morgan fingerprint density at radius 2 is 1.91 bits per heavy atom. The van der Waals surface area contributed by atoms with Gasteiger partial charge in [0.05, 0.1) is 20.3 Å². The van der Waals surface area contributed by atoms with Crippen molar-refractivity contribution in [1.82, 2.24) is 10.2 Å². The Labute approximate surface area is 137 Å². The van der Waals surface area contributed by atoms with Crippen molar-refractivity contribution in [2.24, 2.45) is 5.92 Å². The number of methoxy groups -OCH3 is 1. The number of benzene rings is 1. The van der Waals surface area contributed by atoms with E-state index >= 15 is 0 Å². The summed E-state index contributed by atoms with van der Waals surface area (Å²) in [6.07, 6.45) is 0.942. The Kier molecular flexibility index (Phi) is 7.38. The Hall–Kier alpha value is -2.24. The summed E-state index contributed by atoms with van der Waals surface area (Å²) in [6, 6.07) is 4.98. The van der Waals surface area contributed by atoms with E-state index in [0.29, 0.717) is 29.6 Å². The summed E-state index contributed by atoms with van der Waals surface area (Å²) in [7, 11) is 4.81. The predicted octanol–water partition coefficient (Wildman–Crippen LogP) is 1.94. The van der Waals surface area contributed by atoms with Crippen LogP contribution in [0.3, 0.4) is 0 Å². The molecule has 0 unspecified atom stereocenters. The number of nitrogens with zero attached hydrogens (tertiary/aromatic N) is 1. The lowest BCUT2D eigenvalue weighted by molar-refractivity contribution is -0.127. The molecular formula is C17H26N2O4. The molecule has 6 nitrogen and oxygen atoms in total. The smallest absolute Gasteiger partial charge is 0.251 e. The molecule has 0 aliphatic rings. The van der Waals surface area contributed by atoms with Crippen LogP contribution in [0.1, 0.15) is 30.6 Å². The van der Waals surface area contributed by atoms with Gasteiger partial charge in [0.2, 0.25) is 5.91 Å². The molecule has 0 saturated heterocycles. The first-order valence-electron chi connectivity index (χ1n) is 7.64. The number of hydrogen-bond acceptors (Lipinski definition) is 4. The quantitative estimate of drug-likeness (QED) is 0.794. The van der Waals surface area contributed by atoms with E-state index in [9.17, 15) is 9.59 Å². The lowest BCUT2D eigenvalue weighted by Gasteiger charge is -2.14. The molecule has 2 amide bonds. The summed E-state index contributed by atoms with van der Waals surface area (Å²) < 4.78 is 11.0. The van der Waals surface area contributed by atoms with E-state index in [1.54, 1.807) is 32.3 Å². The number of hydrogen-bond donors (Lipinski definition) is 1. The van der Waals surface area contributed by atoms with E-state index in [1.807, 2.05) is 0 Å². The number of rotatable bonds is 8. The first-order chi connectivity index (χ1) is 10.8. The third-order valence-corrected chi connectivity index (χ3v) is 3.28. The monoisotopic (exact) mass is 322 g/mol. The lowest BCUT2D eigenvalue weighted by atomic mass is 10.1. The molecule has 1 aromatic carbocycles. The Morgan fingerprint density at radius 3 is 2.48 bits per heavy atom. The van der Waals surface area contributed by atoms with Crippen molar-refractivity contribution >= 4 is 11.8 Å². The Morgan fingerprint density at radius 1 is 1.22 bits per heavy atom. The van der Waals surface area contributed by atoms with Crippen LogP contribution in [0.15, 0.2) is 18.2 Å². The second kappa shape index (κ2) is 9.02. The highest BCUT2D eigenvalue weighted by Gasteiger charge is 2.13. The zero-order chi connectivity index (χ0) is 17.4. The average Bonchev–Trinajstić information content (AvgIpc) is 2.51. The summed E-state index contributed by atoms with van der Waals surface area (Å²) in [5.74, 6) is 1.17. The minimum Gasteiger partial charge on any atom is -0.493 e. The third-order valence-electron chi connectivity index (χ3n) is 3.28. The van der Waals surface area contributed by atoms with Gasteiger partial charge in [-0.15, -0.1) is 0 Å². The molecule has 6 heteroatoms. The molecule has 0 atom stereocenters. The summed E-state index contributed by atoms with van der Waals surface area (Å²) in [6.45, 7) is 4.81. The Balaban J connectivity index is 2.70. The number of nitrogens with one attached hydrogen (secondary N) is 1. The predicted molar refractivity (Wildman–Crippen MR) is 89.0 cm³/mol. The second-order valence-corrected chi connectivity index (χ2v) is 5.87. The van der Waals surface area contributed by atoms with Crippen molar-refractivity contribution < 1.29 is 19.1 Å². The van der Waals surface area contributed by atoms with E-state index < -0.39 is 0 Å². The molecule has 0 spiro atoms. The third kappa shape index (κ3) is 6.18. The van der Waals surface area contributed by atoms with Gasteiger partial charge in [0.15, 0.2) is 11.5 Å². The molecule has 0 aromatic heterocycles. The van der Waals surface area contributed by atoms with E-state index in [4.69, 9.17) is 9.47 Å². The molecule has 1 N–H and O–H groups in total. The van der Waals surface area contributed by atoms with E-state index in [0.717, 1.165) is 6.42 Å². The van der Waals surface area contributed by atoms with Crippen LogP contribution in [0.4, 0.5) is 0 Å². The fourth-order valence-electron chi connectivity index (χ4n) is 1.75. The second-order valence-electron chi connectivity index (χ2n) is 5.87. The summed E-state index contributed by atoms with van der Waals surface area (Å²) in [4.78, 5) is 25.0. The van der Waals surface area contributed by atoms with E-state index in [1.165, 1.54) is 12.0 Å². The minimum absolute atomic E-state index is 0.0409. The molecule has 0 heterocycles. The molecule has 0 saturated carbocycles. The SMILES string of the molecule is COc1cc(C(=O)NCC(=O)N(C)C)ccc1OCCC(C)C. The summed E-state index contributed by atoms with van der Waals surface area (Å²) in [5, 5.41) is 2.58. The number of ether oxygens (including phenoxy) is 2. The van der Waals surface area contributed by atoms with Crippen LogP contribution in [0.2, 0.25) is 0 Å². The Bertz CT molecular complexity index is 541. The van der Waals surface area contributed by atoms with Gasteiger partial charge < -0.3 is 19.7 Å². The number of amides is 2. The van der Waals surface area contributed by atoms with Gasteiger partial charge in [0.1, 0.15) is 0 Å². The zero-order valence-electron chi connectivity index (χ0n) is 14.5. The molecular weight excluding hydrogens is 296 g/mol. The summed E-state index contributed by atoms with van der Waals surface area (Å²) in [5.41, 5.74) is 0.421. The van der Waals surface area contributed by atoms with Crippen molar-refractivity contribution in [2.45, 2.75) is 20.3 Å². The highest BCUT2D eigenvalue weighted by atomic mass is 16.5. The number of likely N-dealkylation sites (N-methyl/N-ethyl adjacent to an activating group) is 1. The van der Waals surface area contributed by atoms with Gasteiger partial charge in [-0.2, -0.15) is 0 Å². The van der Waals surface area contributed by atoms with E-state index in [2.05, 4.69) is 19.2 Å². The van der Waals surface area contributed by atoms with Gasteiger partial charge in [-0.3, -0.25) is 9.59 Å². The van der Waals surface area contributed by atoms with Crippen LogP contribution in [0.25, 0.3) is 0 Å². The molecule has 1 aromatic rings. The highest BCUT2D eigenvalue weighted by Crippen LogP contribution is 2.28. The first-order valence-corrected chi connectivity index (χ1v) is 7.64. The molecule has 0 aliphatic carbocycles. The number of carbonyl (C=O) groups excluding carboxylic acids is 2. The van der Waals surface area contributed by atoms with Crippen molar-refractivity contribution in [2.75, 3.05) is 34.4 Å². The maximum atomic E-state index is 12.1. The van der Waals surface area contributed by atoms with Gasteiger partial charge in [-0.25, -0.2) is 0 Å². The minimum atomic E-state index is -0.327. The number of carbonyl (C=O) groups is 2. The van der Waals surface area contributed by atoms with Crippen LogP contribution in [-0.4, -0.2) is 51.1 Å². The highest BCUT2D eigenvalue weighted by molar-refractivity contribution is 5.97. The fourth-order valence-corrected chi connectivity index (χ4v) is 1.75. The topological polar surface area (TPSA) is 67.9 Å². The zero-order valence-corrected chi connectivity index (χ0v) is 14.5. The molecule has 1 rings (SSSR count). The van der Waals surface area contributed by atoms with Crippen LogP contribution in [-0.2, 0) is 4.79 Å². The van der Waals surface area contributed by atoms with Gasteiger partial charge >= 0.3 is 0 Å². The maximum Gasteiger partial charge on any atom is 0.251 e. The van der Waals surface area contributed by atoms with Crippen molar-refractivity contribution in [1.29, 1.82) is 0 Å². The standard InChI is InChI=1S/C17H26N2O4/c1-12(2)8-9-23-14-7-6-13(10-15(14)22-5)17(21)18-11-16(20)19(3)4/h6-7,10,12H,8-9,11H2,1-5H3,(H,18,21). The van der Waals surface area contributed by atoms with Gasteiger partial charge in [0, 0.05) is 19.7 Å². The van der Waals surface area contributed by atoms with Crippen molar-refractivity contribution in [3.8, 4) is 11.5 Å². The van der Waals surface area contributed by atoms with E-state index in [-0.39, 0.29) is 18.4 Å². The maximum absolute atomic E-state index is 12.1. The lowest BCUT2D eigenvalue weighted by Crippen LogP contribution is -2.36. The van der Waals surface area contributed by atoms with Crippen LogP contribution < -0.4 is 14.8 Å². The average molecular weight is 322 g/mol. The fraction of sp³-hybridized carbons (Fsp3) is 0.529. The first kappa shape index (κ1) is 18.8. The largest absolute Gasteiger partial charge is 0.493 e. The van der Waals surface area contributed by atoms with Crippen molar-refractivity contribution in [3.05, 3.63) is 23.8 Å². The molecule has 0 bridgehead atoms.